The van der Waals surface area contributed by atoms with Crippen molar-refractivity contribution in [2.24, 2.45) is 0 Å². The third-order valence-corrected chi connectivity index (χ3v) is 4.53. The molecule has 3 aromatic rings. The van der Waals surface area contributed by atoms with Crippen LogP contribution in [0.3, 0.4) is 0 Å². The van der Waals surface area contributed by atoms with Crippen LogP contribution in [0, 0.1) is 18.3 Å². The van der Waals surface area contributed by atoms with E-state index < -0.39 is 18.5 Å². The smallest absolute Gasteiger partial charge is 0.351 e. The Morgan fingerprint density at radius 2 is 1.96 bits per heavy atom. The molecule has 1 N–H and O–H groups in total. The number of benzene rings is 2. The maximum Gasteiger partial charge on any atom is 0.351 e. The zero-order valence-electron chi connectivity index (χ0n) is 14.4. The summed E-state index contributed by atoms with van der Waals surface area (Å²) in [5.74, 6) is -1.08. The van der Waals surface area contributed by atoms with Crippen LogP contribution in [0.15, 0.2) is 54.6 Å². The number of aromatic nitrogens is 1. The van der Waals surface area contributed by atoms with E-state index >= 15 is 0 Å². The first kappa shape index (κ1) is 18.3. The highest BCUT2D eigenvalue weighted by Gasteiger charge is 2.20. The highest BCUT2D eigenvalue weighted by atomic mass is 32.1. The number of thiazole rings is 1. The first-order valence-electron chi connectivity index (χ1n) is 8.07. The van der Waals surface area contributed by atoms with Gasteiger partial charge in [0, 0.05) is 11.3 Å². The van der Waals surface area contributed by atoms with Crippen molar-refractivity contribution in [2.75, 3.05) is 11.9 Å². The molecule has 0 spiro atoms. The summed E-state index contributed by atoms with van der Waals surface area (Å²) < 4.78 is 5.15. The van der Waals surface area contributed by atoms with E-state index in [-0.39, 0.29) is 0 Å². The average molecular weight is 377 g/mol. The molecule has 1 amide bonds. The summed E-state index contributed by atoms with van der Waals surface area (Å²) in [5, 5.41) is 12.2. The number of nitrogens with zero attached hydrogens (tertiary/aromatic N) is 2. The van der Waals surface area contributed by atoms with E-state index in [9.17, 15) is 9.59 Å². The van der Waals surface area contributed by atoms with E-state index in [1.165, 1.54) is 11.3 Å². The zero-order valence-corrected chi connectivity index (χ0v) is 15.2. The molecule has 2 aromatic carbocycles. The van der Waals surface area contributed by atoms with Gasteiger partial charge in [-0.3, -0.25) is 4.79 Å². The Labute approximate surface area is 160 Å². The average Bonchev–Trinajstić information content (AvgIpc) is 3.09. The topological polar surface area (TPSA) is 92.1 Å². The van der Waals surface area contributed by atoms with Crippen LogP contribution in [0.25, 0.3) is 11.3 Å². The standard InChI is InChI=1S/C20H15N3O3S/c1-13-22-18(15-7-3-2-4-8-15)19(27-13)20(25)26-12-17(24)23-16-9-5-6-14(10-16)11-21/h2-10H,12H2,1H3,(H,23,24). The largest absolute Gasteiger partial charge is 0.451 e. The van der Waals surface area contributed by atoms with Gasteiger partial charge in [0.2, 0.25) is 0 Å². The molecule has 27 heavy (non-hydrogen) atoms. The van der Waals surface area contributed by atoms with Gasteiger partial charge in [0.05, 0.1) is 22.3 Å². The Morgan fingerprint density at radius 3 is 2.70 bits per heavy atom. The van der Waals surface area contributed by atoms with Gasteiger partial charge in [0.25, 0.3) is 5.91 Å². The SMILES string of the molecule is Cc1nc(-c2ccccc2)c(C(=O)OCC(=O)Nc2cccc(C#N)c2)s1. The Morgan fingerprint density at radius 1 is 1.19 bits per heavy atom. The first-order valence-corrected chi connectivity index (χ1v) is 8.88. The number of carbonyl (C=O) groups is 2. The molecule has 1 aromatic heterocycles. The molecule has 0 unspecified atom stereocenters. The second-order valence-electron chi connectivity index (χ2n) is 5.59. The van der Waals surface area contributed by atoms with Crippen LogP contribution in [-0.4, -0.2) is 23.5 Å². The van der Waals surface area contributed by atoms with Crippen molar-refractivity contribution in [3.8, 4) is 17.3 Å². The molecule has 0 aliphatic carbocycles. The number of nitrogens with one attached hydrogen (secondary N) is 1. The maximum atomic E-state index is 12.4. The molecule has 0 saturated heterocycles. The summed E-state index contributed by atoms with van der Waals surface area (Å²) in [6.07, 6.45) is 0. The number of aryl methyl sites for hydroxylation is 1. The lowest BCUT2D eigenvalue weighted by Crippen LogP contribution is -2.20. The van der Waals surface area contributed by atoms with Crippen molar-refractivity contribution >= 4 is 28.9 Å². The van der Waals surface area contributed by atoms with Gasteiger partial charge in [0.1, 0.15) is 4.88 Å². The van der Waals surface area contributed by atoms with E-state index in [1.807, 2.05) is 43.3 Å². The summed E-state index contributed by atoms with van der Waals surface area (Å²) in [6.45, 7) is 1.38. The molecular weight excluding hydrogens is 362 g/mol. The molecule has 134 valence electrons. The maximum absolute atomic E-state index is 12.4. The zero-order chi connectivity index (χ0) is 19.2. The molecule has 0 bridgehead atoms. The van der Waals surface area contributed by atoms with Crippen LogP contribution in [0.4, 0.5) is 5.69 Å². The summed E-state index contributed by atoms with van der Waals surface area (Å²) in [4.78, 5) is 29.2. The van der Waals surface area contributed by atoms with E-state index in [4.69, 9.17) is 10.00 Å². The number of carbonyl (C=O) groups excluding carboxylic acids is 2. The van der Waals surface area contributed by atoms with Crippen molar-refractivity contribution < 1.29 is 14.3 Å². The van der Waals surface area contributed by atoms with Crippen molar-refractivity contribution in [1.29, 1.82) is 5.26 Å². The van der Waals surface area contributed by atoms with Crippen LogP contribution < -0.4 is 5.32 Å². The van der Waals surface area contributed by atoms with Crippen LogP contribution in [-0.2, 0) is 9.53 Å². The number of anilines is 1. The van der Waals surface area contributed by atoms with Crippen LogP contribution in [0.2, 0.25) is 0 Å². The molecule has 0 aliphatic rings. The van der Waals surface area contributed by atoms with Gasteiger partial charge in [-0.2, -0.15) is 5.26 Å². The number of hydrogen-bond acceptors (Lipinski definition) is 6. The van der Waals surface area contributed by atoms with Gasteiger partial charge < -0.3 is 10.1 Å². The molecule has 0 fully saturated rings. The van der Waals surface area contributed by atoms with Gasteiger partial charge in [-0.05, 0) is 25.1 Å². The second kappa shape index (κ2) is 8.25. The van der Waals surface area contributed by atoms with E-state index in [0.717, 1.165) is 10.6 Å². The van der Waals surface area contributed by atoms with Crippen LogP contribution in [0.5, 0.6) is 0 Å². The highest BCUT2D eigenvalue weighted by Crippen LogP contribution is 2.28. The Kier molecular flexibility index (Phi) is 5.59. The molecule has 0 saturated carbocycles. The third kappa shape index (κ3) is 4.57. The Bertz CT molecular complexity index is 1020. The normalized spacial score (nSPS) is 10.1. The van der Waals surface area contributed by atoms with Crippen molar-refractivity contribution in [1.82, 2.24) is 4.98 Å². The fourth-order valence-electron chi connectivity index (χ4n) is 2.42. The fourth-order valence-corrected chi connectivity index (χ4v) is 3.25. The van der Waals surface area contributed by atoms with Gasteiger partial charge >= 0.3 is 5.97 Å². The van der Waals surface area contributed by atoms with Gasteiger partial charge in [0.15, 0.2) is 6.61 Å². The van der Waals surface area contributed by atoms with Crippen molar-refractivity contribution in [2.45, 2.75) is 6.92 Å². The number of esters is 1. The molecule has 0 atom stereocenters. The summed E-state index contributed by atoms with van der Waals surface area (Å²) >= 11 is 1.22. The van der Waals surface area contributed by atoms with Gasteiger partial charge in [-0.15, -0.1) is 11.3 Å². The Balaban J connectivity index is 1.66. The lowest BCUT2D eigenvalue weighted by molar-refractivity contribution is -0.119. The summed E-state index contributed by atoms with van der Waals surface area (Å²) in [5.41, 5.74) is 2.25. The lowest BCUT2D eigenvalue weighted by Gasteiger charge is -2.07. The molecule has 0 radical (unpaired) electrons. The second-order valence-corrected chi connectivity index (χ2v) is 6.80. The third-order valence-electron chi connectivity index (χ3n) is 3.58. The molecule has 3 rings (SSSR count). The number of ether oxygens (including phenoxy) is 1. The minimum Gasteiger partial charge on any atom is -0.451 e. The van der Waals surface area contributed by atoms with Crippen LogP contribution >= 0.6 is 11.3 Å². The van der Waals surface area contributed by atoms with E-state index in [1.54, 1.807) is 24.3 Å². The van der Waals surface area contributed by atoms with Crippen molar-refractivity contribution in [3.05, 3.63) is 70.0 Å². The minimum absolute atomic E-state index is 0.359. The molecular formula is C20H15N3O3S. The summed E-state index contributed by atoms with van der Waals surface area (Å²) in [6, 6.07) is 17.8. The molecule has 0 aliphatic heterocycles. The number of amides is 1. The first-order chi connectivity index (χ1) is 13.1. The minimum atomic E-state index is -0.597. The quantitative estimate of drug-likeness (QED) is 0.683. The highest BCUT2D eigenvalue weighted by molar-refractivity contribution is 7.14. The predicted molar refractivity (Wildman–Crippen MR) is 102 cm³/mol. The Hall–Kier alpha value is -3.50. The van der Waals surface area contributed by atoms with Crippen molar-refractivity contribution in [3.63, 3.8) is 0 Å². The predicted octanol–water partition coefficient (Wildman–Crippen LogP) is 3.79. The molecule has 6 nitrogen and oxygen atoms in total. The van der Waals surface area contributed by atoms with Crippen LogP contribution in [0.1, 0.15) is 20.2 Å². The summed E-state index contributed by atoms with van der Waals surface area (Å²) in [7, 11) is 0. The lowest BCUT2D eigenvalue weighted by atomic mass is 10.1. The fraction of sp³-hybridized carbons (Fsp3) is 0.100. The molecule has 7 heteroatoms. The number of rotatable bonds is 5. The van der Waals surface area contributed by atoms with Gasteiger partial charge in [-0.25, -0.2) is 9.78 Å². The number of hydrogen-bond donors (Lipinski definition) is 1. The number of nitriles is 1. The van der Waals surface area contributed by atoms with Gasteiger partial charge in [-0.1, -0.05) is 36.4 Å². The van der Waals surface area contributed by atoms with E-state index in [0.29, 0.717) is 21.8 Å². The van der Waals surface area contributed by atoms with E-state index in [2.05, 4.69) is 10.3 Å². The monoisotopic (exact) mass is 377 g/mol. The molecule has 1 heterocycles.